The zero-order valence-electron chi connectivity index (χ0n) is 10.1. The van der Waals surface area contributed by atoms with Crippen molar-refractivity contribution in [3.05, 3.63) is 23.5 Å². The van der Waals surface area contributed by atoms with Gasteiger partial charge in [-0.1, -0.05) is 13.8 Å². The lowest BCUT2D eigenvalue weighted by molar-refractivity contribution is 0.0935. The average molecular weight is 221 g/mol. The molecule has 4 nitrogen and oxygen atoms in total. The van der Waals surface area contributed by atoms with Crippen LogP contribution in [0.5, 0.6) is 0 Å². The van der Waals surface area contributed by atoms with Gasteiger partial charge in [0.25, 0.3) is 5.91 Å². The van der Waals surface area contributed by atoms with E-state index in [0.29, 0.717) is 11.3 Å². The van der Waals surface area contributed by atoms with E-state index in [4.69, 9.17) is 5.73 Å². The lowest BCUT2D eigenvalue weighted by Gasteiger charge is -2.15. The first-order chi connectivity index (χ1) is 7.58. The molecule has 0 unspecified atom stereocenters. The number of hydrogen-bond acceptors (Lipinski definition) is 3. The molecule has 3 N–H and O–H groups in total. The number of nitrogens with zero attached hydrogens (tertiary/aromatic N) is 1. The first-order valence-electron chi connectivity index (χ1n) is 5.61. The van der Waals surface area contributed by atoms with Crippen LogP contribution in [-0.4, -0.2) is 16.9 Å². The summed E-state index contributed by atoms with van der Waals surface area (Å²) >= 11 is 0. The molecule has 1 aromatic rings. The predicted octanol–water partition coefficient (Wildman–Crippen LogP) is 1.89. The predicted molar refractivity (Wildman–Crippen MR) is 65.2 cm³/mol. The van der Waals surface area contributed by atoms with Crippen molar-refractivity contribution in [1.29, 1.82) is 0 Å². The quantitative estimate of drug-likeness (QED) is 0.815. The Kier molecular flexibility index (Phi) is 4.28. The standard InChI is InChI=1S/C12H19N3O/c1-4-9(5-2)15-12(16)10-7-14-8(3)6-11(10)13/h6-7,9H,4-5H2,1-3H3,(H2,13,14)(H,15,16). The zero-order chi connectivity index (χ0) is 12.1. The summed E-state index contributed by atoms with van der Waals surface area (Å²) in [5.74, 6) is -0.140. The minimum absolute atomic E-state index is 0.140. The Morgan fingerprint density at radius 1 is 1.50 bits per heavy atom. The number of rotatable bonds is 4. The van der Waals surface area contributed by atoms with E-state index in [9.17, 15) is 4.79 Å². The SMILES string of the molecule is CCC(CC)NC(=O)c1cnc(C)cc1N. The number of amides is 1. The Morgan fingerprint density at radius 3 is 2.62 bits per heavy atom. The number of hydrogen-bond donors (Lipinski definition) is 2. The molecular weight excluding hydrogens is 202 g/mol. The molecule has 0 aliphatic rings. The maximum absolute atomic E-state index is 11.9. The molecule has 0 fully saturated rings. The highest BCUT2D eigenvalue weighted by Gasteiger charge is 2.13. The molecule has 0 saturated carbocycles. The fourth-order valence-corrected chi connectivity index (χ4v) is 1.53. The van der Waals surface area contributed by atoms with Crippen molar-refractivity contribution in [2.24, 2.45) is 0 Å². The topological polar surface area (TPSA) is 68.0 Å². The van der Waals surface area contributed by atoms with Gasteiger partial charge >= 0.3 is 0 Å². The highest BCUT2D eigenvalue weighted by Crippen LogP contribution is 2.11. The van der Waals surface area contributed by atoms with Crippen LogP contribution < -0.4 is 11.1 Å². The van der Waals surface area contributed by atoms with Crippen molar-refractivity contribution in [2.75, 3.05) is 5.73 Å². The van der Waals surface area contributed by atoms with Gasteiger partial charge < -0.3 is 11.1 Å². The molecule has 1 heterocycles. The Bertz CT molecular complexity index is 373. The summed E-state index contributed by atoms with van der Waals surface area (Å²) in [4.78, 5) is 16.0. The highest BCUT2D eigenvalue weighted by atomic mass is 16.1. The molecule has 0 aliphatic heterocycles. The van der Waals surface area contributed by atoms with Crippen LogP contribution in [0.25, 0.3) is 0 Å². The molecule has 1 rings (SSSR count). The van der Waals surface area contributed by atoms with E-state index >= 15 is 0 Å². The van der Waals surface area contributed by atoms with E-state index in [1.807, 2.05) is 20.8 Å². The smallest absolute Gasteiger partial charge is 0.255 e. The van der Waals surface area contributed by atoms with Gasteiger partial charge in [0.2, 0.25) is 0 Å². The largest absolute Gasteiger partial charge is 0.398 e. The maximum atomic E-state index is 11.9. The summed E-state index contributed by atoms with van der Waals surface area (Å²) in [5, 5.41) is 2.93. The van der Waals surface area contributed by atoms with Gasteiger partial charge in [-0.15, -0.1) is 0 Å². The minimum atomic E-state index is -0.140. The van der Waals surface area contributed by atoms with E-state index in [-0.39, 0.29) is 11.9 Å². The molecule has 4 heteroatoms. The van der Waals surface area contributed by atoms with Crippen LogP contribution >= 0.6 is 0 Å². The lowest BCUT2D eigenvalue weighted by atomic mass is 10.1. The molecule has 0 aromatic carbocycles. The number of aromatic nitrogens is 1. The number of pyridine rings is 1. The number of nitrogen functional groups attached to an aromatic ring is 1. The number of nitrogens with two attached hydrogens (primary N) is 1. The average Bonchev–Trinajstić information content (AvgIpc) is 2.25. The number of carbonyl (C=O) groups excluding carboxylic acids is 1. The third-order valence-corrected chi connectivity index (χ3v) is 2.64. The van der Waals surface area contributed by atoms with Gasteiger partial charge in [-0.2, -0.15) is 0 Å². The molecule has 0 atom stereocenters. The first kappa shape index (κ1) is 12.5. The molecule has 0 aliphatic carbocycles. The normalized spacial score (nSPS) is 10.5. The second-order valence-corrected chi connectivity index (χ2v) is 3.90. The first-order valence-corrected chi connectivity index (χ1v) is 5.61. The molecule has 0 radical (unpaired) electrons. The summed E-state index contributed by atoms with van der Waals surface area (Å²) in [7, 11) is 0. The number of nitrogens with one attached hydrogen (secondary N) is 1. The van der Waals surface area contributed by atoms with E-state index in [0.717, 1.165) is 18.5 Å². The van der Waals surface area contributed by atoms with Crippen LogP contribution in [-0.2, 0) is 0 Å². The molecule has 1 amide bonds. The van der Waals surface area contributed by atoms with Crippen LogP contribution in [0.3, 0.4) is 0 Å². The van der Waals surface area contributed by atoms with Gasteiger partial charge in [-0.25, -0.2) is 0 Å². The Balaban J connectivity index is 2.80. The van der Waals surface area contributed by atoms with Crippen LogP contribution in [0, 0.1) is 6.92 Å². The van der Waals surface area contributed by atoms with Crippen LogP contribution in [0.1, 0.15) is 42.7 Å². The van der Waals surface area contributed by atoms with Crippen molar-refractivity contribution in [2.45, 2.75) is 39.7 Å². The minimum Gasteiger partial charge on any atom is -0.398 e. The Morgan fingerprint density at radius 2 is 2.12 bits per heavy atom. The van der Waals surface area contributed by atoms with Crippen LogP contribution in [0.4, 0.5) is 5.69 Å². The van der Waals surface area contributed by atoms with E-state index in [2.05, 4.69) is 10.3 Å². The lowest BCUT2D eigenvalue weighted by Crippen LogP contribution is -2.34. The van der Waals surface area contributed by atoms with Gasteiger partial charge in [-0.05, 0) is 25.8 Å². The van der Waals surface area contributed by atoms with Crippen molar-refractivity contribution >= 4 is 11.6 Å². The van der Waals surface area contributed by atoms with Gasteiger partial charge in [0.1, 0.15) is 0 Å². The molecule has 16 heavy (non-hydrogen) atoms. The van der Waals surface area contributed by atoms with Crippen LogP contribution in [0.2, 0.25) is 0 Å². The molecule has 1 aromatic heterocycles. The molecule has 0 bridgehead atoms. The monoisotopic (exact) mass is 221 g/mol. The number of aryl methyl sites for hydroxylation is 1. The molecule has 0 spiro atoms. The fraction of sp³-hybridized carbons (Fsp3) is 0.500. The summed E-state index contributed by atoms with van der Waals surface area (Å²) < 4.78 is 0. The van der Waals surface area contributed by atoms with E-state index < -0.39 is 0 Å². The fourth-order valence-electron chi connectivity index (χ4n) is 1.53. The van der Waals surface area contributed by atoms with Gasteiger partial charge in [0.05, 0.1) is 5.56 Å². The van der Waals surface area contributed by atoms with Gasteiger partial charge in [0, 0.05) is 23.6 Å². The summed E-state index contributed by atoms with van der Waals surface area (Å²) in [6, 6.07) is 1.91. The van der Waals surface area contributed by atoms with Crippen molar-refractivity contribution in [3.8, 4) is 0 Å². The number of carbonyl (C=O) groups is 1. The van der Waals surface area contributed by atoms with E-state index in [1.54, 1.807) is 6.07 Å². The van der Waals surface area contributed by atoms with Gasteiger partial charge in [0.15, 0.2) is 0 Å². The second kappa shape index (κ2) is 5.49. The van der Waals surface area contributed by atoms with Gasteiger partial charge in [-0.3, -0.25) is 9.78 Å². The molecular formula is C12H19N3O. The summed E-state index contributed by atoms with van der Waals surface area (Å²) in [6.07, 6.45) is 3.37. The maximum Gasteiger partial charge on any atom is 0.255 e. The molecule has 0 saturated heterocycles. The third kappa shape index (κ3) is 2.95. The van der Waals surface area contributed by atoms with Crippen LogP contribution in [0.15, 0.2) is 12.3 Å². The summed E-state index contributed by atoms with van der Waals surface area (Å²) in [6.45, 7) is 5.94. The molecule has 88 valence electrons. The summed E-state index contributed by atoms with van der Waals surface area (Å²) in [5.41, 5.74) is 7.53. The number of anilines is 1. The Hall–Kier alpha value is -1.58. The second-order valence-electron chi connectivity index (χ2n) is 3.90. The van der Waals surface area contributed by atoms with E-state index in [1.165, 1.54) is 6.20 Å². The zero-order valence-corrected chi connectivity index (χ0v) is 10.1. The third-order valence-electron chi connectivity index (χ3n) is 2.64. The van der Waals surface area contributed by atoms with Crippen molar-refractivity contribution in [3.63, 3.8) is 0 Å². The van der Waals surface area contributed by atoms with Crippen molar-refractivity contribution < 1.29 is 4.79 Å². The highest BCUT2D eigenvalue weighted by molar-refractivity contribution is 5.98. The van der Waals surface area contributed by atoms with Crippen molar-refractivity contribution in [1.82, 2.24) is 10.3 Å². The Labute approximate surface area is 96.3 Å².